The first-order valence-electron chi connectivity index (χ1n) is 6.92. The Bertz CT molecular complexity index is 524. The molecule has 1 fully saturated rings. The monoisotopic (exact) mass is 311 g/mol. The van der Waals surface area contributed by atoms with Gasteiger partial charge in [0.15, 0.2) is 0 Å². The zero-order valence-electron chi connectivity index (χ0n) is 11.8. The van der Waals surface area contributed by atoms with E-state index in [0.29, 0.717) is 12.8 Å². The van der Waals surface area contributed by atoms with Crippen LogP contribution in [0.2, 0.25) is 0 Å². The summed E-state index contributed by atoms with van der Waals surface area (Å²) in [6.45, 7) is 3.38. The SMILES string of the molecule is CC(S)C(=O)OC1(c2ccc([N+](=O)[O-])cc2)CC[NH2+]CC1. The van der Waals surface area contributed by atoms with E-state index in [-0.39, 0.29) is 11.7 Å². The summed E-state index contributed by atoms with van der Waals surface area (Å²) in [5.41, 5.74) is 0.145. The maximum absolute atomic E-state index is 11.9. The molecule has 21 heavy (non-hydrogen) atoms. The van der Waals surface area contributed by atoms with Gasteiger partial charge < -0.3 is 10.1 Å². The maximum Gasteiger partial charge on any atom is 0.319 e. The van der Waals surface area contributed by atoms with Gasteiger partial charge in [0, 0.05) is 25.0 Å². The summed E-state index contributed by atoms with van der Waals surface area (Å²) in [6, 6.07) is 6.26. The Hall–Kier alpha value is -1.60. The fourth-order valence-electron chi connectivity index (χ4n) is 2.55. The maximum atomic E-state index is 11.9. The first-order valence-corrected chi connectivity index (χ1v) is 7.44. The molecule has 0 amide bonds. The quantitative estimate of drug-likeness (QED) is 0.376. The summed E-state index contributed by atoms with van der Waals surface area (Å²) < 4.78 is 5.72. The lowest BCUT2D eigenvalue weighted by atomic mass is 9.84. The van der Waals surface area contributed by atoms with Crippen LogP contribution in [0, 0.1) is 10.1 Å². The number of nitro benzene ring substituents is 1. The third-order valence-corrected chi connectivity index (χ3v) is 3.96. The summed E-state index contributed by atoms with van der Waals surface area (Å²) in [7, 11) is 0. The number of nitrogens with two attached hydrogens (primary N) is 1. The second kappa shape index (κ2) is 6.44. The minimum atomic E-state index is -0.696. The van der Waals surface area contributed by atoms with Crippen LogP contribution in [0.5, 0.6) is 0 Å². The van der Waals surface area contributed by atoms with Gasteiger partial charge in [0.25, 0.3) is 5.69 Å². The topological polar surface area (TPSA) is 86.0 Å². The standard InChI is InChI=1S/C14H18N2O4S/c1-10(21)13(17)20-14(6-8-15-9-7-14)11-2-4-12(5-3-11)16(18)19/h2-5,10,15,21H,6-9H2,1H3/p+1. The lowest BCUT2D eigenvalue weighted by molar-refractivity contribution is -0.668. The van der Waals surface area contributed by atoms with Crippen molar-refractivity contribution in [2.24, 2.45) is 0 Å². The van der Waals surface area contributed by atoms with Crippen LogP contribution in [-0.2, 0) is 15.1 Å². The molecule has 1 aliphatic heterocycles. The zero-order valence-corrected chi connectivity index (χ0v) is 12.7. The van der Waals surface area contributed by atoms with Crippen LogP contribution in [0.1, 0.15) is 25.3 Å². The molecule has 2 rings (SSSR count). The van der Waals surface area contributed by atoms with Crippen molar-refractivity contribution in [1.29, 1.82) is 0 Å². The van der Waals surface area contributed by atoms with Gasteiger partial charge in [-0.25, -0.2) is 0 Å². The van der Waals surface area contributed by atoms with E-state index in [1.807, 2.05) is 0 Å². The average molecular weight is 311 g/mol. The van der Waals surface area contributed by atoms with E-state index in [4.69, 9.17) is 4.74 Å². The normalized spacial score (nSPS) is 18.8. The number of piperidine rings is 1. The first-order chi connectivity index (χ1) is 9.94. The number of thiol groups is 1. The fraction of sp³-hybridized carbons (Fsp3) is 0.500. The molecule has 0 aliphatic carbocycles. The average Bonchev–Trinajstić information content (AvgIpc) is 2.48. The minimum absolute atomic E-state index is 0.0326. The van der Waals surface area contributed by atoms with Gasteiger partial charge in [0.1, 0.15) is 5.60 Å². The number of rotatable bonds is 4. The number of benzene rings is 1. The highest BCUT2D eigenvalue weighted by Gasteiger charge is 2.40. The molecule has 2 N–H and O–H groups in total. The zero-order chi connectivity index (χ0) is 15.5. The molecule has 0 radical (unpaired) electrons. The molecule has 1 unspecified atom stereocenters. The number of hydrogen-bond acceptors (Lipinski definition) is 5. The van der Waals surface area contributed by atoms with E-state index >= 15 is 0 Å². The molecular weight excluding hydrogens is 292 g/mol. The van der Waals surface area contributed by atoms with Gasteiger partial charge in [0.05, 0.1) is 23.3 Å². The Kier molecular flexibility index (Phi) is 4.84. The highest BCUT2D eigenvalue weighted by Crippen LogP contribution is 2.35. The molecule has 1 aromatic rings. The van der Waals surface area contributed by atoms with E-state index < -0.39 is 15.8 Å². The predicted octanol–water partition coefficient (Wildman–Crippen LogP) is 1.01. The van der Waals surface area contributed by atoms with Gasteiger partial charge in [-0.3, -0.25) is 14.9 Å². The van der Waals surface area contributed by atoms with E-state index in [0.717, 1.165) is 18.7 Å². The van der Waals surface area contributed by atoms with Crippen LogP contribution < -0.4 is 5.32 Å². The smallest absolute Gasteiger partial charge is 0.319 e. The lowest BCUT2D eigenvalue weighted by Crippen LogP contribution is -2.87. The fourth-order valence-corrected chi connectivity index (χ4v) is 2.61. The predicted molar refractivity (Wildman–Crippen MR) is 80.2 cm³/mol. The van der Waals surface area contributed by atoms with Crippen molar-refractivity contribution in [3.05, 3.63) is 39.9 Å². The van der Waals surface area contributed by atoms with Crippen molar-refractivity contribution < 1.29 is 19.8 Å². The number of nitrogens with zero attached hydrogens (tertiary/aromatic N) is 1. The van der Waals surface area contributed by atoms with Crippen molar-refractivity contribution in [1.82, 2.24) is 0 Å². The molecule has 1 aliphatic rings. The van der Waals surface area contributed by atoms with Gasteiger partial charge in [-0.15, -0.1) is 0 Å². The Balaban J connectivity index is 2.30. The Morgan fingerprint density at radius 1 is 1.38 bits per heavy atom. The molecular formula is C14H19N2O4S+. The molecule has 1 saturated heterocycles. The van der Waals surface area contributed by atoms with Crippen molar-refractivity contribution in [2.45, 2.75) is 30.6 Å². The molecule has 7 heteroatoms. The van der Waals surface area contributed by atoms with Gasteiger partial charge >= 0.3 is 5.97 Å². The summed E-state index contributed by atoms with van der Waals surface area (Å²) in [4.78, 5) is 22.3. The Labute approximate surface area is 128 Å². The molecule has 0 saturated carbocycles. The van der Waals surface area contributed by atoms with E-state index in [1.165, 1.54) is 12.1 Å². The lowest BCUT2D eigenvalue weighted by Gasteiger charge is -2.36. The number of quaternary nitrogens is 1. The van der Waals surface area contributed by atoms with Crippen LogP contribution in [0.3, 0.4) is 0 Å². The molecule has 114 valence electrons. The number of carbonyl (C=O) groups excluding carboxylic acids is 1. The highest BCUT2D eigenvalue weighted by atomic mass is 32.1. The van der Waals surface area contributed by atoms with Crippen LogP contribution in [0.4, 0.5) is 5.69 Å². The summed E-state index contributed by atoms with van der Waals surface area (Å²) in [5, 5.41) is 12.4. The van der Waals surface area contributed by atoms with Crippen molar-refractivity contribution in [2.75, 3.05) is 13.1 Å². The van der Waals surface area contributed by atoms with E-state index in [9.17, 15) is 14.9 Å². The van der Waals surface area contributed by atoms with Crippen LogP contribution in [0.15, 0.2) is 24.3 Å². The summed E-state index contributed by atoms with van der Waals surface area (Å²) in [6.07, 6.45) is 1.38. The highest BCUT2D eigenvalue weighted by molar-refractivity contribution is 7.81. The van der Waals surface area contributed by atoms with Crippen molar-refractivity contribution in [3.63, 3.8) is 0 Å². The van der Waals surface area contributed by atoms with Crippen LogP contribution in [-0.4, -0.2) is 29.2 Å². The van der Waals surface area contributed by atoms with Gasteiger partial charge in [-0.2, -0.15) is 12.6 Å². The molecule has 6 nitrogen and oxygen atoms in total. The van der Waals surface area contributed by atoms with Crippen LogP contribution >= 0.6 is 12.6 Å². The minimum Gasteiger partial charge on any atom is -0.453 e. The second-order valence-electron chi connectivity index (χ2n) is 5.26. The third-order valence-electron chi connectivity index (χ3n) is 3.75. The molecule has 0 spiro atoms. The largest absolute Gasteiger partial charge is 0.453 e. The number of nitro groups is 1. The molecule has 1 aromatic carbocycles. The molecule has 1 heterocycles. The Morgan fingerprint density at radius 2 is 1.95 bits per heavy atom. The molecule has 0 bridgehead atoms. The third kappa shape index (κ3) is 3.54. The number of ether oxygens (including phenoxy) is 1. The second-order valence-corrected chi connectivity index (χ2v) is 6.04. The van der Waals surface area contributed by atoms with E-state index in [2.05, 4.69) is 17.9 Å². The molecule has 0 aromatic heterocycles. The number of non-ortho nitro benzene ring substituents is 1. The van der Waals surface area contributed by atoms with Crippen molar-refractivity contribution >= 4 is 24.3 Å². The Morgan fingerprint density at radius 3 is 2.43 bits per heavy atom. The number of hydrogen-bond donors (Lipinski definition) is 2. The van der Waals surface area contributed by atoms with Crippen LogP contribution in [0.25, 0.3) is 0 Å². The van der Waals surface area contributed by atoms with E-state index in [1.54, 1.807) is 19.1 Å². The summed E-state index contributed by atoms with van der Waals surface area (Å²) >= 11 is 4.11. The van der Waals surface area contributed by atoms with Gasteiger partial charge in [-0.1, -0.05) is 0 Å². The first kappa shape index (κ1) is 15.8. The number of esters is 1. The van der Waals surface area contributed by atoms with Gasteiger partial charge in [-0.05, 0) is 24.6 Å². The molecule has 1 atom stereocenters. The van der Waals surface area contributed by atoms with Gasteiger partial charge in [0.2, 0.25) is 0 Å². The number of carbonyl (C=O) groups is 1. The van der Waals surface area contributed by atoms with Crippen molar-refractivity contribution in [3.8, 4) is 0 Å². The summed E-state index contributed by atoms with van der Waals surface area (Å²) in [5.74, 6) is -0.362.